The molecule has 1 aromatic rings. The molecule has 2 N–H and O–H groups in total. The van der Waals surface area contributed by atoms with Gasteiger partial charge in [-0.3, -0.25) is 0 Å². The second kappa shape index (κ2) is 2.41. The lowest BCUT2D eigenvalue weighted by molar-refractivity contribution is 0.137. The molecule has 0 radical (unpaired) electrons. The van der Waals surface area contributed by atoms with Crippen molar-refractivity contribution in [1.82, 2.24) is 0 Å². The quantitative estimate of drug-likeness (QED) is 0.617. The second-order valence-electron chi connectivity index (χ2n) is 4.36. The van der Waals surface area contributed by atoms with Gasteiger partial charge in [0.05, 0.1) is 0 Å². The van der Waals surface area contributed by atoms with Gasteiger partial charge in [-0.15, -0.1) is 0 Å². The summed E-state index contributed by atoms with van der Waals surface area (Å²) in [7, 11) is 0. The molecular weight excluding hydrogens is 162 g/mol. The number of aryl methyl sites for hydroxylation is 1. The van der Waals surface area contributed by atoms with E-state index in [9.17, 15) is 0 Å². The van der Waals surface area contributed by atoms with E-state index in [2.05, 4.69) is 13.8 Å². The number of benzene rings is 1. The monoisotopic (exact) mass is 177 g/mol. The van der Waals surface area contributed by atoms with Gasteiger partial charge in [-0.05, 0) is 38.5 Å². The first-order valence-electron chi connectivity index (χ1n) is 4.56. The van der Waals surface area contributed by atoms with Crippen molar-refractivity contribution in [2.75, 3.05) is 5.73 Å². The summed E-state index contributed by atoms with van der Waals surface area (Å²) < 4.78 is 5.82. The Balaban J connectivity index is 2.52. The molecule has 70 valence electrons. The molecule has 2 heteroatoms. The first-order chi connectivity index (χ1) is 5.98. The van der Waals surface area contributed by atoms with E-state index < -0.39 is 0 Å². The Bertz CT molecular complexity index is 355. The fourth-order valence-electron chi connectivity index (χ4n) is 1.93. The third-order valence-electron chi connectivity index (χ3n) is 2.37. The molecule has 0 amide bonds. The van der Waals surface area contributed by atoms with Crippen LogP contribution in [0.3, 0.4) is 0 Å². The number of nitrogen functional groups attached to an aromatic ring is 1. The third-order valence-corrected chi connectivity index (χ3v) is 2.37. The summed E-state index contributed by atoms with van der Waals surface area (Å²) in [5, 5.41) is 0. The van der Waals surface area contributed by atoms with Gasteiger partial charge in [0.1, 0.15) is 11.4 Å². The highest BCUT2D eigenvalue weighted by Gasteiger charge is 2.31. The molecule has 0 atom stereocenters. The fourth-order valence-corrected chi connectivity index (χ4v) is 1.93. The number of hydrogen-bond acceptors (Lipinski definition) is 2. The lowest BCUT2D eigenvalue weighted by Gasteiger charge is -2.17. The van der Waals surface area contributed by atoms with Gasteiger partial charge in [-0.25, -0.2) is 0 Å². The first-order valence-corrected chi connectivity index (χ1v) is 4.56. The Morgan fingerprint density at radius 3 is 2.77 bits per heavy atom. The van der Waals surface area contributed by atoms with Gasteiger partial charge in [-0.1, -0.05) is 0 Å². The number of ether oxygens (including phenoxy) is 1. The molecule has 0 saturated heterocycles. The number of anilines is 1. The normalized spacial score (nSPS) is 18.1. The summed E-state index contributed by atoms with van der Waals surface area (Å²) in [6.45, 7) is 6.24. The van der Waals surface area contributed by atoms with Crippen LogP contribution in [0.15, 0.2) is 12.1 Å². The van der Waals surface area contributed by atoms with Gasteiger partial charge in [0.2, 0.25) is 0 Å². The van der Waals surface area contributed by atoms with E-state index in [0.717, 1.165) is 23.4 Å². The second-order valence-corrected chi connectivity index (χ2v) is 4.36. The van der Waals surface area contributed by atoms with E-state index in [1.54, 1.807) is 0 Å². The zero-order chi connectivity index (χ0) is 9.64. The van der Waals surface area contributed by atoms with Gasteiger partial charge < -0.3 is 10.5 Å². The zero-order valence-electron chi connectivity index (χ0n) is 8.35. The third kappa shape index (κ3) is 1.37. The SMILES string of the molecule is Cc1cc(N)cc2c1OC(C)(C)C2. The first kappa shape index (κ1) is 8.42. The highest BCUT2D eigenvalue weighted by molar-refractivity contribution is 5.55. The maximum Gasteiger partial charge on any atom is 0.126 e. The minimum atomic E-state index is -0.0686. The van der Waals surface area contributed by atoms with Crippen LogP contribution < -0.4 is 10.5 Å². The molecule has 2 nitrogen and oxygen atoms in total. The van der Waals surface area contributed by atoms with Crippen LogP contribution in [0.2, 0.25) is 0 Å². The van der Waals surface area contributed by atoms with Crippen molar-refractivity contribution >= 4 is 5.69 Å². The average molecular weight is 177 g/mol. The van der Waals surface area contributed by atoms with Crippen molar-refractivity contribution in [3.63, 3.8) is 0 Å². The number of hydrogen-bond donors (Lipinski definition) is 1. The maximum atomic E-state index is 5.82. The summed E-state index contributed by atoms with van der Waals surface area (Å²) in [4.78, 5) is 0. The van der Waals surface area contributed by atoms with Gasteiger partial charge in [-0.2, -0.15) is 0 Å². The lowest BCUT2D eigenvalue weighted by Crippen LogP contribution is -2.24. The van der Waals surface area contributed by atoms with Crippen molar-refractivity contribution in [1.29, 1.82) is 0 Å². The summed E-state index contributed by atoms with van der Waals surface area (Å²) in [6.07, 6.45) is 0.953. The van der Waals surface area contributed by atoms with Crippen molar-refractivity contribution in [2.24, 2.45) is 0 Å². The molecule has 1 aliphatic rings. The van der Waals surface area contributed by atoms with Crippen molar-refractivity contribution in [2.45, 2.75) is 32.8 Å². The number of rotatable bonds is 0. The topological polar surface area (TPSA) is 35.2 Å². The van der Waals surface area contributed by atoms with Gasteiger partial charge in [0.15, 0.2) is 0 Å². The molecule has 0 unspecified atom stereocenters. The van der Waals surface area contributed by atoms with Crippen LogP contribution in [-0.2, 0) is 6.42 Å². The Hall–Kier alpha value is -1.18. The van der Waals surface area contributed by atoms with Crippen LogP contribution in [0, 0.1) is 6.92 Å². The van der Waals surface area contributed by atoms with Crippen molar-refractivity contribution < 1.29 is 4.74 Å². The van der Waals surface area contributed by atoms with E-state index in [4.69, 9.17) is 10.5 Å². The molecule has 1 aromatic carbocycles. The largest absolute Gasteiger partial charge is 0.487 e. The van der Waals surface area contributed by atoms with E-state index in [1.807, 2.05) is 19.1 Å². The molecule has 2 rings (SSSR count). The smallest absolute Gasteiger partial charge is 0.126 e. The summed E-state index contributed by atoms with van der Waals surface area (Å²) in [6, 6.07) is 3.97. The van der Waals surface area contributed by atoms with E-state index >= 15 is 0 Å². The zero-order valence-corrected chi connectivity index (χ0v) is 8.35. The molecule has 0 fully saturated rings. The predicted molar refractivity (Wildman–Crippen MR) is 54.0 cm³/mol. The minimum absolute atomic E-state index is 0.0686. The fraction of sp³-hybridized carbons (Fsp3) is 0.455. The van der Waals surface area contributed by atoms with Crippen LogP contribution >= 0.6 is 0 Å². The highest BCUT2D eigenvalue weighted by Crippen LogP contribution is 2.38. The molecule has 0 aromatic heterocycles. The molecule has 1 aliphatic heterocycles. The molecule has 13 heavy (non-hydrogen) atoms. The van der Waals surface area contributed by atoms with Crippen molar-refractivity contribution in [3.05, 3.63) is 23.3 Å². The molecule has 0 aliphatic carbocycles. The Kier molecular flexibility index (Phi) is 1.56. The van der Waals surface area contributed by atoms with Gasteiger partial charge in [0, 0.05) is 17.7 Å². The van der Waals surface area contributed by atoms with Crippen LogP contribution in [0.25, 0.3) is 0 Å². The van der Waals surface area contributed by atoms with Crippen LogP contribution in [0.1, 0.15) is 25.0 Å². The Morgan fingerprint density at radius 1 is 1.38 bits per heavy atom. The molecular formula is C11H15NO. The van der Waals surface area contributed by atoms with Crippen LogP contribution in [-0.4, -0.2) is 5.60 Å². The molecule has 0 spiro atoms. The Labute approximate surface area is 78.7 Å². The van der Waals surface area contributed by atoms with Crippen LogP contribution in [0.5, 0.6) is 5.75 Å². The highest BCUT2D eigenvalue weighted by atomic mass is 16.5. The lowest BCUT2D eigenvalue weighted by atomic mass is 10.0. The standard InChI is InChI=1S/C11H15NO/c1-7-4-9(12)5-8-6-11(2,3)13-10(7)8/h4-5H,6,12H2,1-3H3. The Morgan fingerprint density at radius 2 is 2.08 bits per heavy atom. The summed E-state index contributed by atoms with van der Waals surface area (Å²) in [5.74, 6) is 1.03. The van der Waals surface area contributed by atoms with E-state index in [0.29, 0.717) is 0 Å². The van der Waals surface area contributed by atoms with E-state index in [1.165, 1.54) is 5.56 Å². The van der Waals surface area contributed by atoms with Crippen LogP contribution in [0.4, 0.5) is 5.69 Å². The van der Waals surface area contributed by atoms with Crippen molar-refractivity contribution in [3.8, 4) is 5.75 Å². The summed E-state index contributed by atoms with van der Waals surface area (Å²) >= 11 is 0. The van der Waals surface area contributed by atoms with E-state index in [-0.39, 0.29) is 5.60 Å². The summed E-state index contributed by atoms with van der Waals surface area (Å²) in [5.41, 5.74) is 8.91. The average Bonchev–Trinajstić information content (AvgIpc) is 2.23. The number of nitrogens with two attached hydrogens (primary N) is 1. The predicted octanol–water partition coefficient (Wildman–Crippen LogP) is 2.29. The molecule has 1 heterocycles. The maximum absolute atomic E-state index is 5.82. The van der Waals surface area contributed by atoms with Gasteiger partial charge >= 0.3 is 0 Å². The number of fused-ring (bicyclic) bond motifs is 1. The minimum Gasteiger partial charge on any atom is -0.487 e. The molecule has 0 saturated carbocycles. The van der Waals surface area contributed by atoms with Gasteiger partial charge in [0.25, 0.3) is 0 Å². The molecule has 0 bridgehead atoms.